The van der Waals surface area contributed by atoms with Crippen molar-refractivity contribution in [3.63, 3.8) is 0 Å². The molecule has 2 heterocycles. The standard InChI is InChI=1S/C30H35FN4O5/c1-30(2,29(37)38)22-12-9-21(10-13-22)11-14-28(36)34-26-18-32-19-27(33-26)35-16-5-6-23(20-35)40-25-8-4-3-7-24(25)39-17-15-31/h3-4,7-10,12-13,18-19,23H,5-6,11,14-17,20H2,1-2H3,(H,37,38)(H,33,34,36). The van der Waals surface area contributed by atoms with Crippen molar-refractivity contribution < 1.29 is 28.6 Å². The van der Waals surface area contributed by atoms with Crippen LogP contribution in [0, 0.1) is 0 Å². The zero-order chi connectivity index (χ0) is 28.5. The molecule has 1 unspecified atom stereocenters. The van der Waals surface area contributed by atoms with Crippen molar-refractivity contribution in [2.45, 2.75) is 51.0 Å². The number of carbonyl (C=O) groups excluding carboxylic acids is 1. The molecule has 10 heteroatoms. The number of alkyl halides is 1. The van der Waals surface area contributed by atoms with Gasteiger partial charge in [-0.2, -0.15) is 0 Å². The third-order valence-electron chi connectivity index (χ3n) is 6.92. The smallest absolute Gasteiger partial charge is 0.313 e. The minimum absolute atomic E-state index is 0.0251. The van der Waals surface area contributed by atoms with Crippen LogP contribution in [0.15, 0.2) is 60.9 Å². The van der Waals surface area contributed by atoms with Crippen molar-refractivity contribution in [2.75, 3.05) is 36.6 Å². The molecule has 2 aromatic carbocycles. The quantitative estimate of drug-likeness (QED) is 0.330. The number of aliphatic carboxylic acids is 1. The molecule has 1 saturated heterocycles. The molecule has 0 radical (unpaired) electrons. The van der Waals surface area contributed by atoms with Crippen molar-refractivity contribution in [3.05, 3.63) is 72.1 Å². The van der Waals surface area contributed by atoms with Crippen molar-refractivity contribution in [3.8, 4) is 11.5 Å². The number of nitrogens with one attached hydrogen (secondary N) is 1. The molecule has 1 fully saturated rings. The lowest BCUT2D eigenvalue weighted by atomic mass is 9.84. The fourth-order valence-electron chi connectivity index (χ4n) is 4.48. The molecule has 4 rings (SSSR count). The van der Waals surface area contributed by atoms with Crippen LogP contribution in [0.4, 0.5) is 16.0 Å². The maximum Gasteiger partial charge on any atom is 0.313 e. The summed E-state index contributed by atoms with van der Waals surface area (Å²) in [4.78, 5) is 35.0. The Balaban J connectivity index is 1.31. The average Bonchev–Trinajstić information content (AvgIpc) is 2.96. The van der Waals surface area contributed by atoms with Gasteiger partial charge in [0, 0.05) is 13.0 Å². The second-order valence-corrected chi connectivity index (χ2v) is 10.3. The first kappa shape index (κ1) is 28.8. The van der Waals surface area contributed by atoms with Crippen molar-refractivity contribution in [2.24, 2.45) is 0 Å². The van der Waals surface area contributed by atoms with Gasteiger partial charge in [0.15, 0.2) is 17.3 Å². The number of piperidine rings is 1. The summed E-state index contributed by atoms with van der Waals surface area (Å²) in [6.45, 7) is 4.09. The van der Waals surface area contributed by atoms with Gasteiger partial charge in [0.25, 0.3) is 0 Å². The summed E-state index contributed by atoms with van der Waals surface area (Å²) < 4.78 is 24.3. The van der Waals surface area contributed by atoms with Gasteiger partial charge in [0.05, 0.1) is 24.4 Å². The fraction of sp³-hybridized carbons (Fsp3) is 0.400. The normalized spacial score (nSPS) is 15.4. The van der Waals surface area contributed by atoms with Crippen LogP contribution in [0.5, 0.6) is 11.5 Å². The Hall–Kier alpha value is -4.21. The minimum Gasteiger partial charge on any atom is -0.487 e. The Morgan fingerprint density at radius 2 is 1.88 bits per heavy atom. The number of carbonyl (C=O) groups is 2. The average molecular weight is 551 g/mol. The number of hydrogen-bond acceptors (Lipinski definition) is 7. The molecular formula is C30H35FN4O5. The van der Waals surface area contributed by atoms with Gasteiger partial charge >= 0.3 is 5.97 Å². The van der Waals surface area contributed by atoms with E-state index in [1.807, 2.05) is 30.3 Å². The van der Waals surface area contributed by atoms with E-state index in [0.717, 1.165) is 24.9 Å². The van der Waals surface area contributed by atoms with E-state index in [1.165, 1.54) is 6.20 Å². The molecule has 0 saturated carbocycles. The van der Waals surface area contributed by atoms with E-state index in [9.17, 15) is 19.1 Å². The van der Waals surface area contributed by atoms with Gasteiger partial charge in [-0.3, -0.25) is 14.6 Å². The van der Waals surface area contributed by atoms with E-state index >= 15 is 0 Å². The van der Waals surface area contributed by atoms with Gasteiger partial charge in [-0.05, 0) is 56.4 Å². The summed E-state index contributed by atoms with van der Waals surface area (Å²) in [7, 11) is 0. The van der Waals surface area contributed by atoms with E-state index in [2.05, 4.69) is 20.2 Å². The number of halogens is 1. The highest BCUT2D eigenvalue weighted by Gasteiger charge is 2.29. The zero-order valence-corrected chi connectivity index (χ0v) is 22.8. The number of carboxylic acid groups (broad SMARTS) is 1. The first-order valence-electron chi connectivity index (χ1n) is 13.4. The number of para-hydroxylation sites is 2. The van der Waals surface area contributed by atoms with Crippen LogP contribution in [-0.4, -0.2) is 59.4 Å². The monoisotopic (exact) mass is 550 g/mol. The molecule has 1 amide bonds. The van der Waals surface area contributed by atoms with Gasteiger partial charge in [-0.25, -0.2) is 9.37 Å². The number of amides is 1. The number of carboxylic acids is 1. The van der Waals surface area contributed by atoms with Crippen LogP contribution < -0.4 is 19.7 Å². The van der Waals surface area contributed by atoms with Crippen molar-refractivity contribution >= 4 is 23.5 Å². The summed E-state index contributed by atoms with van der Waals surface area (Å²) in [6, 6.07) is 14.5. The number of hydrogen-bond donors (Lipinski definition) is 2. The Morgan fingerprint density at radius 3 is 2.60 bits per heavy atom. The molecule has 1 aromatic heterocycles. The molecule has 0 spiro atoms. The largest absolute Gasteiger partial charge is 0.487 e. The SMILES string of the molecule is CC(C)(C(=O)O)c1ccc(CCC(=O)Nc2cncc(N3CCCC(Oc4ccccc4OCCF)C3)n2)cc1. The minimum atomic E-state index is -0.977. The summed E-state index contributed by atoms with van der Waals surface area (Å²) >= 11 is 0. The number of ether oxygens (including phenoxy) is 2. The Kier molecular flexibility index (Phi) is 9.52. The summed E-state index contributed by atoms with van der Waals surface area (Å²) in [6.07, 6.45) is 5.56. The lowest BCUT2D eigenvalue weighted by Crippen LogP contribution is -2.41. The van der Waals surface area contributed by atoms with Gasteiger partial charge in [0.1, 0.15) is 25.2 Å². The maximum absolute atomic E-state index is 12.6. The molecule has 1 aliphatic heterocycles. The third-order valence-corrected chi connectivity index (χ3v) is 6.92. The lowest BCUT2D eigenvalue weighted by molar-refractivity contribution is -0.142. The second kappa shape index (κ2) is 13.2. The summed E-state index contributed by atoms with van der Waals surface area (Å²) in [5, 5.41) is 12.2. The van der Waals surface area contributed by atoms with Crippen LogP contribution in [0.3, 0.4) is 0 Å². The summed E-state index contributed by atoms with van der Waals surface area (Å²) in [5.41, 5.74) is 0.672. The highest BCUT2D eigenvalue weighted by atomic mass is 19.1. The number of nitrogens with zero attached hydrogens (tertiary/aromatic N) is 3. The molecule has 0 aliphatic carbocycles. The molecule has 212 valence electrons. The Labute approximate surface area is 233 Å². The molecule has 2 N–H and O–H groups in total. The molecule has 40 heavy (non-hydrogen) atoms. The predicted octanol–water partition coefficient (Wildman–Crippen LogP) is 4.81. The number of rotatable bonds is 12. The second-order valence-electron chi connectivity index (χ2n) is 10.3. The first-order valence-corrected chi connectivity index (χ1v) is 13.4. The fourth-order valence-corrected chi connectivity index (χ4v) is 4.48. The summed E-state index contributed by atoms with van der Waals surface area (Å²) in [5.74, 6) is 1.03. The van der Waals surface area contributed by atoms with Gasteiger partial charge < -0.3 is 24.8 Å². The third kappa shape index (κ3) is 7.46. The van der Waals surface area contributed by atoms with Crippen LogP contribution >= 0.6 is 0 Å². The van der Waals surface area contributed by atoms with E-state index in [0.29, 0.717) is 41.7 Å². The van der Waals surface area contributed by atoms with Crippen LogP contribution in [0.1, 0.15) is 44.2 Å². The molecule has 3 aromatic rings. The lowest BCUT2D eigenvalue weighted by Gasteiger charge is -2.33. The highest BCUT2D eigenvalue weighted by Crippen LogP contribution is 2.30. The molecule has 1 aliphatic rings. The molecular weight excluding hydrogens is 515 g/mol. The molecule has 0 bridgehead atoms. The maximum atomic E-state index is 12.6. The van der Waals surface area contributed by atoms with Gasteiger partial charge in [-0.1, -0.05) is 36.4 Å². The van der Waals surface area contributed by atoms with E-state index in [-0.39, 0.29) is 25.0 Å². The number of benzene rings is 2. The van der Waals surface area contributed by atoms with Gasteiger partial charge in [0.2, 0.25) is 5.91 Å². The Morgan fingerprint density at radius 1 is 1.12 bits per heavy atom. The van der Waals surface area contributed by atoms with Crippen LogP contribution in [0.2, 0.25) is 0 Å². The topological polar surface area (TPSA) is 114 Å². The van der Waals surface area contributed by atoms with Crippen LogP contribution in [0.25, 0.3) is 0 Å². The van der Waals surface area contributed by atoms with E-state index < -0.39 is 18.1 Å². The molecule has 1 atom stereocenters. The zero-order valence-electron chi connectivity index (χ0n) is 22.8. The number of anilines is 2. The van der Waals surface area contributed by atoms with E-state index in [4.69, 9.17) is 9.47 Å². The predicted molar refractivity (Wildman–Crippen MR) is 150 cm³/mol. The Bertz CT molecular complexity index is 1300. The van der Waals surface area contributed by atoms with Gasteiger partial charge in [-0.15, -0.1) is 0 Å². The van der Waals surface area contributed by atoms with Crippen molar-refractivity contribution in [1.82, 2.24) is 9.97 Å². The van der Waals surface area contributed by atoms with Crippen molar-refractivity contribution in [1.29, 1.82) is 0 Å². The van der Waals surface area contributed by atoms with Crippen LogP contribution in [-0.2, 0) is 21.4 Å². The highest BCUT2D eigenvalue weighted by molar-refractivity contribution is 5.89. The number of aryl methyl sites for hydroxylation is 1. The molecule has 9 nitrogen and oxygen atoms in total. The van der Waals surface area contributed by atoms with E-state index in [1.54, 1.807) is 38.2 Å². The number of aromatic nitrogens is 2. The first-order chi connectivity index (χ1) is 19.3.